The first-order chi connectivity index (χ1) is 7.08. The summed E-state index contributed by atoms with van der Waals surface area (Å²) in [6.07, 6.45) is 2.77. The van der Waals surface area contributed by atoms with Gasteiger partial charge in [0.2, 0.25) is 0 Å². The monoisotopic (exact) mass is 228 g/mol. The van der Waals surface area contributed by atoms with Crippen LogP contribution < -0.4 is 0 Å². The SMILES string of the molecule is CCCC1CC1(O)c1ccc(Cl)c(F)c1. The second-order valence-corrected chi connectivity index (χ2v) is 4.65. The number of rotatable bonds is 3. The zero-order valence-electron chi connectivity index (χ0n) is 8.63. The smallest absolute Gasteiger partial charge is 0.142 e. The molecule has 2 rings (SSSR count). The van der Waals surface area contributed by atoms with Gasteiger partial charge in [-0.2, -0.15) is 0 Å². The molecule has 2 unspecified atom stereocenters. The van der Waals surface area contributed by atoms with E-state index in [1.165, 1.54) is 12.1 Å². The molecule has 0 saturated heterocycles. The van der Waals surface area contributed by atoms with Crippen LogP contribution >= 0.6 is 11.6 Å². The van der Waals surface area contributed by atoms with E-state index in [1.54, 1.807) is 6.07 Å². The van der Waals surface area contributed by atoms with Crippen molar-refractivity contribution >= 4 is 11.6 Å². The summed E-state index contributed by atoms with van der Waals surface area (Å²) in [7, 11) is 0. The molecule has 1 fully saturated rings. The van der Waals surface area contributed by atoms with E-state index in [9.17, 15) is 9.50 Å². The third-order valence-corrected chi connectivity index (χ3v) is 3.44. The number of hydrogen-bond donors (Lipinski definition) is 1. The third-order valence-electron chi connectivity index (χ3n) is 3.13. The largest absolute Gasteiger partial charge is 0.385 e. The predicted molar refractivity (Wildman–Crippen MR) is 58.3 cm³/mol. The molecule has 1 N–H and O–H groups in total. The second kappa shape index (κ2) is 3.76. The summed E-state index contributed by atoms with van der Waals surface area (Å²) in [5.74, 6) is -0.173. The molecule has 1 aromatic rings. The van der Waals surface area contributed by atoms with E-state index >= 15 is 0 Å². The van der Waals surface area contributed by atoms with Gasteiger partial charge in [0.15, 0.2) is 0 Å². The second-order valence-electron chi connectivity index (χ2n) is 4.24. The van der Waals surface area contributed by atoms with Gasteiger partial charge >= 0.3 is 0 Å². The van der Waals surface area contributed by atoms with Crippen LogP contribution in [0, 0.1) is 11.7 Å². The number of halogens is 2. The quantitative estimate of drug-likeness (QED) is 0.840. The molecule has 0 spiro atoms. The van der Waals surface area contributed by atoms with Crippen molar-refractivity contribution < 1.29 is 9.50 Å². The van der Waals surface area contributed by atoms with Crippen LogP contribution in [0.25, 0.3) is 0 Å². The normalized spacial score (nSPS) is 29.2. The van der Waals surface area contributed by atoms with Gasteiger partial charge < -0.3 is 5.11 Å². The van der Waals surface area contributed by atoms with Crippen LogP contribution in [-0.4, -0.2) is 5.11 Å². The molecule has 82 valence electrons. The maximum Gasteiger partial charge on any atom is 0.142 e. The van der Waals surface area contributed by atoms with Gasteiger partial charge in [0, 0.05) is 0 Å². The molecule has 0 heterocycles. The molecule has 1 aromatic carbocycles. The van der Waals surface area contributed by atoms with Crippen LogP contribution in [0.15, 0.2) is 18.2 Å². The Kier molecular flexibility index (Phi) is 2.73. The minimum absolute atomic E-state index is 0.107. The molecule has 1 saturated carbocycles. The standard InChI is InChI=1S/C12H14ClFO/c1-2-3-9-7-12(9,15)8-4-5-10(13)11(14)6-8/h4-6,9,15H,2-3,7H2,1H3. The molecular weight excluding hydrogens is 215 g/mol. The van der Waals surface area contributed by atoms with Crippen LogP contribution in [0.4, 0.5) is 4.39 Å². The molecule has 0 bridgehead atoms. The lowest BCUT2D eigenvalue weighted by Gasteiger charge is -2.11. The highest BCUT2D eigenvalue weighted by molar-refractivity contribution is 6.30. The summed E-state index contributed by atoms with van der Waals surface area (Å²) in [4.78, 5) is 0. The Hall–Kier alpha value is -0.600. The summed E-state index contributed by atoms with van der Waals surface area (Å²) >= 11 is 5.59. The van der Waals surface area contributed by atoms with Crippen molar-refractivity contribution in [1.29, 1.82) is 0 Å². The molecule has 1 aliphatic carbocycles. The summed E-state index contributed by atoms with van der Waals surface area (Å²) in [6, 6.07) is 4.56. The van der Waals surface area contributed by atoms with Crippen LogP contribution in [-0.2, 0) is 5.60 Å². The first-order valence-electron chi connectivity index (χ1n) is 5.26. The zero-order valence-corrected chi connectivity index (χ0v) is 9.39. The highest BCUT2D eigenvalue weighted by Crippen LogP contribution is 2.54. The average Bonchev–Trinajstić information content (AvgIpc) is 2.84. The van der Waals surface area contributed by atoms with Crippen molar-refractivity contribution in [3.63, 3.8) is 0 Å². The Balaban J connectivity index is 2.21. The molecule has 1 aliphatic rings. The van der Waals surface area contributed by atoms with Crippen LogP contribution in [0.3, 0.4) is 0 Å². The maximum absolute atomic E-state index is 13.2. The number of hydrogen-bond acceptors (Lipinski definition) is 1. The topological polar surface area (TPSA) is 20.2 Å². The van der Waals surface area contributed by atoms with E-state index in [0.29, 0.717) is 5.56 Å². The summed E-state index contributed by atoms with van der Waals surface area (Å²) < 4.78 is 13.2. The van der Waals surface area contributed by atoms with Crippen molar-refractivity contribution in [2.24, 2.45) is 5.92 Å². The van der Waals surface area contributed by atoms with E-state index in [1.807, 2.05) is 0 Å². The van der Waals surface area contributed by atoms with Gasteiger partial charge in [-0.05, 0) is 36.5 Å². The summed E-state index contributed by atoms with van der Waals surface area (Å²) in [5, 5.41) is 10.3. The first kappa shape index (κ1) is 10.9. The Labute approximate surface area is 93.9 Å². The van der Waals surface area contributed by atoms with E-state index in [2.05, 4.69) is 6.92 Å². The van der Waals surface area contributed by atoms with Gasteiger partial charge in [-0.25, -0.2) is 4.39 Å². The van der Waals surface area contributed by atoms with E-state index in [0.717, 1.165) is 19.3 Å². The van der Waals surface area contributed by atoms with E-state index in [4.69, 9.17) is 11.6 Å². The van der Waals surface area contributed by atoms with Gasteiger partial charge in [-0.15, -0.1) is 0 Å². The van der Waals surface area contributed by atoms with Gasteiger partial charge in [-0.1, -0.05) is 31.0 Å². The molecule has 0 radical (unpaired) electrons. The van der Waals surface area contributed by atoms with Crippen molar-refractivity contribution in [3.05, 3.63) is 34.6 Å². The molecule has 0 amide bonds. The Morgan fingerprint density at radius 3 is 2.93 bits per heavy atom. The molecule has 3 heteroatoms. The van der Waals surface area contributed by atoms with Crippen molar-refractivity contribution in [2.45, 2.75) is 31.8 Å². The minimum atomic E-state index is -0.804. The molecular formula is C12H14ClFO. The highest BCUT2D eigenvalue weighted by Gasteiger charge is 2.53. The summed E-state index contributed by atoms with van der Waals surface area (Å²) in [6.45, 7) is 2.08. The Morgan fingerprint density at radius 2 is 2.33 bits per heavy atom. The fourth-order valence-corrected chi connectivity index (χ4v) is 2.24. The highest BCUT2D eigenvalue weighted by atomic mass is 35.5. The van der Waals surface area contributed by atoms with Gasteiger partial charge in [0.1, 0.15) is 5.82 Å². The molecule has 1 nitrogen and oxygen atoms in total. The van der Waals surface area contributed by atoms with Gasteiger partial charge in [0.05, 0.1) is 10.6 Å². The maximum atomic E-state index is 13.2. The molecule has 0 aromatic heterocycles. The fraction of sp³-hybridized carbons (Fsp3) is 0.500. The van der Waals surface area contributed by atoms with Crippen LogP contribution in [0.2, 0.25) is 5.02 Å². The fourth-order valence-electron chi connectivity index (χ4n) is 2.12. The van der Waals surface area contributed by atoms with Crippen LogP contribution in [0.5, 0.6) is 0 Å². The zero-order chi connectivity index (χ0) is 11.1. The Bertz CT molecular complexity index is 380. The van der Waals surface area contributed by atoms with Gasteiger partial charge in [-0.3, -0.25) is 0 Å². The third kappa shape index (κ3) is 1.88. The lowest BCUT2D eigenvalue weighted by molar-refractivity contribution is 0.128. The average molecular weight is 229 g/mol. The lowest BCUT2D eigenvalue weighted by Crippen LogP contribution is -2.09. The van der Waals surface area contributed by atoms with Crippen molar-refractivity contribution in [1.82, 2.24) is 0 Å². The van der Waals surface area contributed by atoms with Crippen molar-refractivity contribution in [2.75, 3.05) is 0 Å². The first-order valence-corrected chi connectivity index (χ1v) is 5.63. The van der Waals surface area contributed by atoms with E-state index in [-0.39, 0.29) is 10.9 Å². The van der Waals surface area contributed by atoms with Crippen molar-refractivity contribution in [3.8, 4) is 0 Å². The number of aliphatic hydroxyl groups is 1. The molecule has 0 aliphatic heterocycles. The molecule has 2 atom stereocenters. The van der Waals surface area contributed by atoms with E-state index < -0.39 is 11.4 Å². The molecule has 15 heavy (non-hydrogen) atoms. The Morgan fingerprint density at radius 1 is 1.60 bits per heavy atom. The summed E-state index contributed by atoms with van der Waals surface area (Å²) in [5.41, 5.74) is -0.149. The van der Waals surface area contributed by atoms with Crippen LogP contribution in [0.1, 0.15) is 31.7 Å². The van der Waals surface area contributed by atoms with Gasteiger partial charge in [0.25, 0.3) is 0 Å². The predicted octanol–water partition coefficient (Wildman–Crippen LogP) is 3.49. The lowest BCUT2D eigenvalue weighted by atomic mass is 10.0. The minimum Gasteiger partial charge on any atom is -0.385 e. The number of benzene rings is 1.